The highest BCUT2D eigenvalue weighted by molar-refractivity contribution is 5.97. The molecule has 4 rings (SSSR count). The van der Waals surface area contributed by atoms with Gasteiger partial charge in [-0.15, -0.1) is 4.57 Å². The maximum Gasteiger partial charge on any atom is 0.338 e. The Kier molecular flexibility index (Phi) is 6.21. The van der Waals surface area contributed by atoms with E-state index < -0.39 is 11.5 Å². The average Bonchev–Trinajstić information content (AvgIpc) is 3.19. The van der Waals surface area contributed by atoms with Crippen LogP contribution in [0.2, 0.25) is 0 Å². The Balaban J connectivity index is 1.40. The highest BCUT2D eigenvalue weighted by atomic mass is 16.5. The summed E-state index contributed by atoms with van der Waals surface area (Å²) in [7, 11) is 0. The fourth-order valence-corrected chi connectivity index (χ4v) is 3.21. The monoisotopic (exact) mass is 447 g/mol. The number of hydrogen-bond acceptors (Lipinski definition) is 7. The molecule has 2 aromatic carbocycles. The quantitative estimate of drug-likeness (QED) is 0.433. The lowest BCUT2D eigenvalue weighted by Gasteiger charge is -2.13. The van der Waals surface area contributed by atoms with Gasteiger partial charge in [0.2, 0.25) is 0 Å². The molecule has 0 unspecified atom stereocenters. The summed E-state index contributed by atoms with van der Waals surface area (Å²) >= 11 is 0. The Morgan fingerprint density at radius 1 is 1.06 bits per heavy atom. The van der Waals surface area contributed by atoms with E-state index in [-0.39, 0.29) is 24.7 Å². The fraction of sp³-hybridized carbons (Fsp3) is 0.167. The summed E-state index contributed by atoms with van der Waals surface area (Å²) in [5, 5.41) is 2.74. The third-order valence-electron chi connectivity index (χ3n) is 4.82. The lowest BCUT2D eigenvalue weighted by molar-refractivity contribution is -0.118. The minimum atomic E-state index is -0.602. The molecule has 2 heterocycles. The number of nitrogens with zero attached hydrogens (tertiary/aromatic N) is 2. The number of anilines is 1. The number of aromatic nitrogens is 2. The molecule has 0 aliphatic heterocycles. The Morgan fingerprint density at radius 3 is 2.64 bits per heavy atom. The molecule has 0 fully saturated rings. The number of hydrogen-bond donors (Lipinski definition) is 1. The highest BCUT2D eigenvalue weighted by Gasteiger charge is 2.16. The fourth-order valence-electron chi connectivity index (χ4n) is 3.21. The van der Waals surface area contributed by atoms with E-state index >= 15 is 0 Å². The third-order valence-corrected chi connectivity index (χ3v) is 4.82. The number of carbonyl (C=O) groups is 2. The summed E-state index contributed by atoms with van der Waals surface area (Å²) in [5.41, 5.74) is 1.53. The van der Waals surface area contributed by atoms with E-state index in [1.807, 2.05) is 18.2 Å². The zero-order chi connectivity index (χ0) is 23.4. The van der Waals surface area contributed by atoms with Gasteiger partial charge in [-0.05, 0) is 43.7 Å². The molecule has 0 aliphatic carbocycles. The van der Waals surface area contributed by atoms with Crippen LogP contribution in [0.15, 0.2) is 70.0 Å². The molecule has 0 atom stereocenters. The summed E-state index contributed by atoms with van der Waals surface area (Å²) in [6.07, 6.45) is 0. The van der Waals surface area contributed by atoms with Crippen LogP contribution in [-0.4, -0.2) is 28.0 Å². The van der Waals surface area contributed by atoms with Gasteiger partial charge in [0.05, 0.1) is 11.3 Å². The van der Waals surface area contributed by atoms with Crippen LogP contribution in [0.1, 0.15) is 27.4 Å². The first-order valence-electron chi connectivity index (χ1n) is 10.1. The number of amides is 1. The van der Waals surface area contributed by atoms with E-state index in [0.717, 1.165) is 4.57 Å². The molecule has 0 saturated carbocycles. The summed E-state index contributed by atoms with van der Waals surface area (Å²) in [6.45, 7) is 3.05. The number of rotatable bonds is 7. The van der Waals surface area contributed by atoms with Crippen LogP contribution in [0.4, 0.5) is 5.69 Å². The van der Waals surface area contributed by atoms with E-state index in [1.165, 1.54) is 6.07 Å². The van der Waals surface area contributed by atoms with Crippen molar-refractivity contribution in [3.8, 4) is 5.75 Å². The van der Waals surface area contributed by atoms with Crippen molar-refractivity contribution in [3.05, 3.63) is 93.6 Å². The number of aryl methyl sites for hydroxylation is 1. The van der Waals surface area contributed by atoms with Gasteiger partial charge in [0.15, 0.2) is 12.3 Å². The van der Waals surface area contributed by atoms with E-state index in [2.05, 4.69) is 10.3 Å². The summed E-state index contributed by atoms with van der Waals surface area (Å²) in [4.78, 5) is 41.3. The molecule has 0 bridgehead atoms. The SMILES string of the molecule is Cc1cc2nc(COC(=O)c3cccc(NC(=O)COc4ccccc4)c3C)cc(=O)n2o1. The maximum absolute atomic E-state index is 12.7. The molecule has 168 valence electrons. The second-order valence-electron chi connectivity index (χ2n) is 7.29. The standard InChI is InChI=1S/C24H21N3O6/c1-15-11-21-25-17(12-23(29)27(21)33-15)13-32-24(30)19-9-6-10-20(16(19)2)26-22(28)14-31-18-7-4-3-5-8-18/h3-12H,13-14H2,1-2H3,(H,26,28). The van der Waals surface area contributed by atoms with Crippen molar-refractivity contribution in [1.29, 1.82) is 0 Å². The first-order valence-corrected chi connectivity index (χ1v) is 10.1. The molecule has 9 heteroatoms. The summed E-state index contributed by atoms with van der Waals surface area (Å²) in [6, 6.07) is 16.8. The summed E-state index contributed by atoms with van der Waals surface area (Å²) < 4.78 is 17.1. The van der Waals surface area contributed by atoms with Crippen molar-refractivity contribution in [2.24, 2.45) is 0 Å². The second kappa shape index (κ2) is 9.39. The molecular formula is C24H21N3O6. The number of carbonyl (C=O) groups excluding carboxylic acids is 2. The Bertz CT molecular complexity index is 1370. The van der Waals surface area contributed by atoms with Crippen LogP contribution >= 0.6 is 0 Å². The van der Waals surface area contributed by atoms with Gasteiger partial charge in [-0.1, -0.05) is 24.3 Å². The first-order chi connectivity index (χ1) is 15.9. The van der Waals surface area contributed by atoms with Crippen molar-refractivity contribution < 1.29 is 23.6 Å². The van der Waals surface area contributed by atoms with Crippen LogP contribution in [0.3, 0.4) is 0 Å². The topological polar surface area (TPSA) is 112 Å². The minimum Gasteiger partial charge on any atom is -0.484 e. The Hall–Kier alpha value is -4.40. The van der Waals surface area contributed by atoms with Crippen LogP contribution in [-0.2, 0) is 16.1 Å². The number of esters is 1. The number of nitrogens with one attached hydrogen (secondary N) is 1. The van der Waals surface area contributed by atoms with E-state index in [9.17, 15) is 14.4 Å². The molecule has 0 spiro atoms. The second-order valence-corrected chi connectivity index (χ2v) is 7.29. The van der Waals surface area contributed by atoms with Gasteiger partial charge in [-0.25, -0.2) is 9.78 Å². The Labute approximate surface area is 188 Å². The van der Waals surface area contributed by atoms with Gasteiger partial charge in [0.25, 0.3) is 11.5 Å². The zero-order valence-corrected chi connectivity index (χ0v) is 18.0. The molecule has 9 nitrogen and oxygen atoms in total. The molecule has 0 aliphatic rings. The summed E-state index contributed by atoms with van der Waals surface area (Å²) in [5.74, 6) is 0.159. The van der Waals surface area contributed by atoms with E-state index in [0.29, 0.717) is 34.1 Å². The Morgan fingerprint density at radius 2 is 1.85 bits per heavy atom. The van der Waals surface area contributed by atoms with Crippen molar-refractivity contribution in [2.75, 3.05) is 11.9 Å². The molecule has 1 amide bonds. The van der Waals surface area contributed by atoms with Gasteiger partial charge < -0.3 is 19.3 Å². The van der Waals surface area contributed by atoms with Crippen LogP contribution in [0, 0.1) is 13.8 Å². The molecular weight excluding hydrogens is 426 g/mol. The minimum absolute atomic E-state index is 0.171. The van der Waals surface area contributed by atoms with Gasteiger partial charge in [-0.2, -0.15) is 0 Å². The first kappa shape index (κ1) is 21.8. The highest BCUT2D eigenvalue weighted by Crippen LogP contribution is 2.20. The average molecular weight is 447 g/mol. The number of fused-ring (bicyclic) bond motifs is 1. The van der Waals surface area contributed by atoms with Crippen molar-refractivity contribution in [2.45, 2.75) is 20.5 Å². The van der Waals surface area contributed by atoms with Crippen LogP contribution in [0.25, 0.3) is 5.65 Å². The predicted molar refractivity (Wildman–Crippen MR) is 119 cm³/mol. The number of ether oxygens (including phenoxy) is 2. The van der Waals surface area contributed by atoms with E-state index in [1.54, 1.807) is 50.2 Å². The number of para-hydroxylation sites is 1. The van der Waals surface area contributed by atoms with Gasteiger partial charge >= 0.3 is 5.97 Å². The smallest absolute Gasteiger partial charge is 0.338 e. The third kappa shape index (κ3) is 5.09. The molecule has 33 heavy (non-hydrogen) atoms. The van der Waals surface area contributed by atoms with Crippen molar-refractivity contribution in [3.63, 3.8) is 0 Å². The van der Waals surface area contributed by atoms with Gasteiger partial charge in [-0.3, -0.25) is 9.59 Å². The van der Waals surface area contributed by atoms with Crippen molar-refractivity contribution >= 4 is 23.2 Å². The number of benzene rings is 2. The maximum atomic E-state index is 12.7. The van der Waals surface area contributed by atoms with E-state index in [4.69, 9.17) is 14.0 Å². The van der Waals surface area contributed by atoms with Gasteiger partial charge in [0, 0.05) is 17.8 Å². The largest absolute Gasteiger partial charge is 0.484 e. The lowest BCUT2D eigenvalue weighted by Crippen LogP contribution is -2.21. The van der Waals surface area contributed by atoms with Crippen LogP contribution in [0.5, 0.6) is 5.75 Å². The zero-order valence-electron chi connectivity index (χ0n) is 18.0. The predicted octanol–water partition coefficient (Wildman–Crippen LogP) is 3.28. The molecule has 0 saturated heterocycles. The van der Waals surface area contributed by atoms with Crippen molar-refractivity contribution in [1.82, 2.24) is 9.56 Å². The normalized spacial score (nSPS) is 10.7. The molecule has 0 radical (unpaired) electrons. The molecule has 4 aromatic rings. The molecule has 2 aromatic heterocycles. The molecule has 1 N–H and O–H groups in total. The lowest BCUT2D eigenvalue weighted by atomic mass is 10.1. The van der Waals surface area contributed by atoms with Gasteiger partial charge in [0.1, 0.15) is 18.1 Å². The van der Waals surface area contributed by atoms with Crippen LogP contribution < -0.4 is 15.6 Å².